The average molecular weight is 252 g/mol. The SMILES string of the molecule is Cc1nn(C(C)(C)C)c(=O)n1Cc1nccs1. The predicted octanol–water partition coefficient (Wildman–Crippen LogP) is 1.61. The van der Waals surface area contributed by atoms with Crippen LogP contribution < -0.4 is 5.69 Å². The van der Waals surface area contributed by atoms with Crippen LogP contribution in [-0.2, 0) is 12.1 Å². The molecule has 0 aliphatic carbocycles. The summed E-state index contributed by atoms with van der Waals surface area (Å²) in [5, 5.41) is 7.13. The van der Waals surface area contributed by atoms with E-state index < -0.39 is 0 Å². The van der Waals surface area contributed by atoms with Crippen LogP contribution >= 0.6 is 11.3 Å². The van der Waals surface area contributed by atoms with Gasteiger partial charge in [0.2, 0.25) is 0 Å². The predicted molar refractivity (Wildman–Crippen MR) is 67.4 cm³/mol. The third kappa shape index (κ3) is 2.31. The van der Waals surface area contributed by atoms with Gasteiger partial charge in [-0.3, -0.25) is 4.57 Å². The van der Waals surface area contributed by atoms with E-state index >= 15 is 0 Å². The Hall–Kier alpha value is -1.43. The minimum Gasteiger partial charge on any atom is -0.272 e. The molecule has 0 amide bonds. The number of aromatic nitrogens is 4. The van der Waals surface area contributed by atoms with Crippen LogP contribution in [0.25, 0.3) is 0 Å². The molecule has 0 bridgehead atoms. The first-order valence-electron chi connectivity index (χ1n) is 5.45. The molecule has 0 fully saturated rings. The van der Waals surface area contributed by atoms with Crippen LogP contribution in [0.15, 0.2) is 16.4 Å². The summed E-state index contributed by atoms with van der Waals surface area (Å²) < 4.78 is 3.18. The van der Waals surface area contributed by atoms with Gasteiger partial charge in [0.1, 0.15) is 10.8 Å². The topological polar surface area (TPSA) is 52.7 Å². The Morgan fingerprint density at radius 3 is 2.59 bits per heavy atom. The van der Waals surface area contributed by atoms with Gasteiger partial charge in [-0.15, -0.1) is 11.3 Å². The van der Waals surface area contributed by atoms with E-state index in [1.54, 1.807) is 22.1 Å². The van der Waals surface area contributed by atoms with Gasteiger partial charge in [-0.2, -0.15) is 5.10 Å². The number of hydrogen-bond acceptors (Lipinski definition) is 4. The molecule has 0 saturated heterocycles. The maximum Gasteiger partial charge on any atom is 0.346 e. The third-order valence-electron chi connectivity index (χ3n) is 2.46. The lowest BCUT2D eigenvalue weighted by Crippen LogP contribution is -2.35. The summed E-state index contributed by atoms with van der Waals surface area (Å²) in [5.41, 5.74) is -0.374. The number of aryl methyl sites for hydroxylation is 1. The molecule has 0 radical (unpaired) electrons. The van der Waals surface area contributed by atoms with Crippen molar-refractivity contribution >= 4 is 11.3 Å². The van der Waals surface area contributed by atoms with Gasteiger partial charge >= 0.3 is 5.69 Å². The van der Waals surface area contributed by atoms with Crippen molar-refractivity contribution in [3.05, 3.63) is 32.9 Å². The van der Waals surface area contributed by atoms with E-state index in [-0.39, 0.29) is 11.2 Å². The fourth-order valence-corrected chi connectivity index (χ4v) is 2.18. The van der Waals surface area contributed by atoms with Gasteiger partial charge < -0.3 is 0 Å². The smallest absolute Gasteiger partial charge is 0.272 e. The normalized spacial score (nSPS) is 12.0. The van der Waals surface area contributed by atoms with Gasteiger partial charge in [-0.25, -0.2) is 14.5 Å². The van der Waals surface area contributed by atoms with Gasteiger partial charge in [0.25, 0.3) is 0 Å². The van der Waals surface area contributed by atoms with E-state index in [2.05, 4.69) is 10.1 Å². The van der Waals surface area contributed by atoms with Gasteiger partial charge in [0, 0.05) is 11.6 Å². The van der Waals surface area contributed by atoms with Crippen molar-refractivity contribution in [3.63, 3.8) is 0 Å². The van der Waals surface area contributed by atoms with Gasteiger partial charge in [0.05, 0.1) is 12.1 Å². The number of nitrogens with zero attached hydrogens (tertiary/aromatic N) is 4. The minimum absolute atomic E-state index is 0.0785. The zero-order chi connectivity index (χ0) is 12.6. The first-order chi connectivity index (χ1) is 7.89. The summed E-state index contributed by atoms with van der Waals surface area (Å²) in [6, 6.07) is 0. The third-order valence-corrected chi connectivity index (χ3v) is 3.22. The Labute approximate surface area is 104 Å². The van der Waals surface area contributed by atoms with Crippen LogP contribution in [0.4, 0.5) is 0 Å². The maximum absolute atomic E-state index is 12.2. The largest absolute Gasteiger partial charge is 0.346 e. The summed E-state index contributed by atoms with van der Waals surface area (Å²) in [6.07, 6.45) is 1.74. The molecule has 0 saturated carbocycles. The molecule has 0 aliphatic rings. The quantitative estimate of drug-likeness (QED) is 0.816. The second-order valence-corrected chi connectivity index (χ2v) is 5.90. The molecule has 92 valence electrons. The van der Waals surface area contributed by atoms with E-state index in [0.29, 0.717) is 6.54 Å². The second-order valence-electron chi connectivity index (χ2n) is 4.92. The summed E-state index contributed by atoms with van der Waals surface area (Å²) in [7, 11) is 0. The Balaban J connectivity index is 2.43. The van der Waals surface area contributed by atoms with Crippen LogP contribution in [0.5, 0.6) is 0 Å². The lowest BCUT2D eigenvalue weighted by atomic mass is 10.1. The summed E-state index contributed by atoms with van der Waals surface area (Å²) in [4.78, 5) is 16.4. The summed E-state index contributed by atoms with van der Waals surface area (Å²) >= 11 is 1.54. The molecular weight excluding hydrogens is 236 g/mol. The zero-order valence-electron chi connectivity index (χ0n) is 10.5. The first-order valence-corrected chi connectivity index (χ1v) is 6.33. The Morgan fingerprint density at radius 2 is 2.12 bits per heavy atom. The zero-order valence-corrected chi connectivity index (χ0v) is 11.3. The molecular formula is C11H16N4OS. The van der Waals surface area contributed by atoms with E-state index in [1.165, 1.54) is 4.68 Å². The highest BCUT2D eigenvalue weighted by molar-refractivity contribution is 7.09. The molecule has 0 spiro atoms. The fourth-order valence-electron chi connectivity index (χ4n) is 1.58. The summed E-state index contributed by atoms with van der Waals surface area (Å²) in [6.45, 7) is 8.24. The molecule has 17 heavy (non-hydrogen) atoms. The number of rotatable bonds is 2. The lowest BCUT2D eigenvalue weighted by Gasteiger charge is -2.16. The minimum atomic E-state index is -0.296. The first kappa shape index (κ1) is 12.0. The van der Waals surface area contributed by atoms with Crippen molar-refractivity contribution in [2.45, 2.75) is 39.8 Å². The van der Waals surface area contributed by atoms with Crippen LogP contribution in [0.3, 0.4) is 0 Å². The van der Waals surface area contributed by atoms with E-state index in [1.807, 2.05) is 33.1 Å². The molecule has 6 heteroatoms. The van der Waals surface area contributed by atoms with Gasteiger partial charge in [-0.05, 0) is 27.7 Å². The van der Waals surface area contributed by atoms with Crippen LogP contribution in [0, 0.1) is 6.92 Å². The van der Waals surface area contributed by atoms with Crippen molar-refractivity contribution in [1.29, 1.82) is 0 Å². The fraction of sp³-hybridized carbons (Fsp3) is 0.545. The lowest BCUT2D eigenvalue weighted by molar-refractivity contribution is 0.340. The average Bonchev–Trinajstić information content (AvgIpc) is 2.80. The molecule has 2 rings (SSSR count). The Kier molecular flexibility index (Phi) is 2.91. The summed E-state index contributed by atoms with van der Waals surface area (Å²) in [5.74, 6) is 0.722. The highest BCUT2D eigenvalue weighted by Gasteiger charge is 2.21. The van der Waals surface area contributed by atoms with Gasteiger partial charge in [-0.1, -0.05) is 0 Å². The molecule has 2 aromatic heterocycles. The molecule has 0 aromatic carbocycles. The molecule has 0 N–H and O–H groups in total. The molecule has 5 nitrogen and oxygen atoms in total. The molecule has 0 aliphatic heterocycles. The number of hydrogen-bond donors (Lipinski definition) is 0. The second kappa shape index (κ2) is 4.10. The Bertz CT molecular complexity index is 559. The standard InChI is InChI=1S/C11H16N4OS/c1-8-13-15(11(2,3)4)10(16)14(8)7-9-12-5-6-17-9/h5-6H,7H2,1-4H3. The van der Waals surface area contributed by atoms with Crippen molar-refractivity contribution < 1.29 is 0 Å². The van der Waals surface area contributed by atoms with Crippen molar-refractivity contribution in [3.8, 4) is 0 Å². The molecule has 2 aromatic rings. The molecule has 0 unspecified atom stereocenters. The van der Waals surface area contributed by atoms with E-state index in [0.717, 1.165) is 10.8 Å². The van der Waals surface area contributed by atoms with Crippen LogP contribution in [0.2, 0.25) is 0 Å². The van der Waals surface area contributed by atoms with Crippen molar-refractivity contribution in [1.82, 2.24) is 19.3 Å². The van der Waals surface area contributed by atoms with Crippen molar-refractivity contribution in [2.75, 3.05) is 0 Å². The maximum atomic E-state index is 12.2. The monoisotopic (exact) mass is 252 g/mol. The van der Waals surface area contributed by atoms with Crippen LogP contribution in [-0.4, -0.2) is 19.3 Å². The highest BCUT2D eigenvalue weighted by atomic mass is 32.1. The van der Waals surface area contributed by atoms with E-state index in [9.17, 15) is 4.79 Å². The van der Waals surface area contributed by atoms with E-state index in [4.69, 9.17) is 0 Å². The molecule has 2 heterocycles. The van der Waals surface area contributed by atoms with Gasteiger partial charge in [0.15, 0.2) is 0 Å². The number of thiazole rings is 1. The van der Waals surface area contributed by atoms with Crippen LogP contribution in [0.1, 0.15) is 31.6 Å². The molecule has 0 atom stereocenters. The van der Waals surface area contributed by atoms with Crippen molar-refractivity contribution in [2.24, 2.45) is 0 Å². The highest BCUT2D eigenvalue weighted by Crippen LogP contribution is 2.11. The Morgan fingerprint density at radius 1 is 1.41 bits per heavy atom.